The molecule has 0 saturated carbocycles. The van der Waals surface area contributed by atoms with Gasteiger partial charge in [-0.15, -0.1) is 0 Å². The minimum absolute atomic E-state index is 0.186. The van der Waals surface area contributed by atoms with Gasteiger partial charge in [0, 0.05) is 15.7 Å². The molecule has 132 valence electrons. The Labute approximate surface area is 159 Å². The van der Waals surface area contributed by atoms with E-state index in [0.29, 0.717) is 5.92 Å². The van der Waals surface area contributed by atoms with Crippen molar-refractivity contribution in [2.45, 2.75) is 42.6 Å². The van der Waals surface area contributed by atoms with E-state index in [0.717, 1.165) is 5.75 Å². The molecule has 2 nitrogen and oxygen atoms in total. The van der Waals surface area contributed by atoms with Crippen molar-refractivity contribution >= 4 is 23.1 Å². The van der Waals surface area contributed by atoms with Crippen LogP contribution in [-0.4, -0.2) is 6.10 Å². The Morgan fingerprint density at radius 2 is 1.54 bits per heavy atom. The fourth-order valence-electron chi connectivity index (χ4n) is 3.25. The normalized spacial score (nSPS) is 13.5. The molecule has 1 N–H and O–H groups in total. The van der Waals surface area contributed by atoms with Crippen LogP contribution in [0.1, 0.15) is 37.8 Å². The van der Waals surface area contributed by atoms with Crippen LogP contribution in [0.4, 0.5) is 11.4 Å². The van der Waals surface area contributed by atoms with E-state index in [-0.39, 0.29) is 6.10 Å². The van der Waals surface area contributed by atoms with Crippen LogP contribution >= 0.6 is 11.8 Å². The van der Waals surface area contributed by atoms with E-state index in [9.17, 15) is 0 Å². The molecule has 0 amide bonds. The standard InChI is InChI=1S/C23H23NOS/c1-15(2)25-19-8-6-7-17(13-19)16(3)18-11-12-23-21(14-18)24-20-9-4-5-10-22(20)26-23/h4-16,24H,1-3H3. The zero-order valence-electron chi connectivity index (χ0n) is 15.3. The fraction of sp³-hybridized carbons (Fsp3) is 0.217. The average Bonchev–Trinajstić information content (AvgIpc) is 2.65. The van der Waals surface area contributed by atoms with Crippen LogP contribution < -0.4 is 10.1 Å². The molecule has 0 aliphatic carbocycles. The number of benzene rings is 3. The maximum atomic E-state index is 5.85. The summed E-state index contributed by atoms with van der Waals surface area (Å²) in [5.41, 5.74) is 4.94. The summed E-state index contributed by atoms with van der Waals surface area (Å²) in [6.45, 7) is 6.36. The molecule has 0 saturated heterocycles. The van der Waals surface area contributed by atoms with Gasteiger partial charge < -0.3 is 10.1 Å². The van der Waals surface area contributed by atoms with E-state index < -0.39 is 0 Å². The van der Waals surface area contributed by atoms with Crippen LogP contribution in [0.15, 0.2) is 76.5 Å². The van der Waals surface area contributed by atoms with Gasteiger partial charge in [0.15, 0.2) is 0 Å². The van der Waals surface area contributed by atoms with Crippen LogP contribution in [0.3, 0.4) is 0 Å². The molecule has 0 spiro atoms. The van der Waals surface area contributed by atoms with Crippen LogP contribution in [0.5, 0.6) is 5.75 Å². The van der Waals surface area contributed by atoms with Gasteiger partial charge in [0.2, 0.25) is 0 Å². The Morgan fingerprint density at radius 3 is 2.38 bits per heavy atom. The van der Waals surface area contributed by atoms with E-state index in [2.05, 4.69) is 86.8 Å². The lowest BCUT2D eigenvalue weighted by molar-refractivity contribution is 0.242. The third-order valence-corrected chi connectivity index (χ3v) is 5.76. The van der Waals surface area contributed by atoms with Crippen LogP contribution in [0.25, 0.3) is 0 Å². The van der Waals surface area contributed by atoms with Crippen molar-refractivity contribution in [3.63, 3.8) is 0 Å². The summed E-state index contributed by atoms with van der Waals surface area (Å²) in [6.07, 6.45) is 0.186. The molecule has 1 atom stereocenters. The van der Waals surface area contributed by atoms with Gasteiger partial charge in [0.1, 0.15) is 5.75 Å². The SMILES string of the molecule is CC(C)Oc1cccc(C(C)c2ccc3c(c2)Nc2ccccc2S3)c1. The van der Waals surface area contributed by atoms with Crippen molar-refractivity contribution in [3.8, 4) is 5.75 Å². The van der Waals surface area contributed by atoms with Crippen LogP contribution in [0.2, 0.25) is 0 Å². The minimum Gasteiger partial charge on any atom is -0.491 e. The lowest BCUT2D eigenvalue weighted by atomic mass is 9.92. The van der Waals surface area contributed by atoms with E-state index in [1.807, 2.05) is 17.8 Å². The molecule has 26 heavy (non-hydrogen) atoms. The average molecular weight is 362 g/mol. The fourth-order valence-corrected chi connectivity index (χ4v) is 4.22. The van der Waals surface area contributed by atoms with Crippen molar-refractivity contribution in [3.05, 3.63) is 77.9 Å². The van der Waals surface area contributed by atoms with E-state index in [1.165, 1.54) is 32.3 Å². The molecule has 0 bridgehead atoms. The Bertz CT molecular complexity index is 935. The molecule has 0 fully saturated rings. The van der Waals surface area contributed by atoms with Crippen molar-refractivity contribution in [2.24, 2.45) is 0 Å². The molecule has 1 unspecified atom stereocenters. The molecular formula is C23H23NOS. The second-order valence-corrected chi connectivity index (χ2v) is 8.02. The number of anilines is 2. The maximum absolute atomic E-state index is 5.85. The van der Waals surface area contributed by atoms with E-state index in [4.69, 9.17) is 4.74 Å². The summed E-state index contributed by atoms with van der Waals surface area (Å²) in [5, 5.41) is 3.58. The second-order valence-electron chi connectivity index (χ2n) is 6.94. The first-order chi connectivity index (χ1) is 12.6. The third kappa shape index (κ3) is 3.45. The van der Waals surface area contributed by atoms with Crippen molar-refractivity contribution in [2.75, 3.05) is 5.32 Å². The van der Waals surface area contributed by atoms with Gasteiger partial charge in [-0.25, -0.2) is 0 Å². The number of fused-ring (bicyclic) bond motifs is 2. The van der Waals surface area contributed by atoms with Crippen molar-refractivity contribution in [1.29, 1.82) is 0 Å². The summed E-state index contributed by atoms with van der Waals surface area (Å²) in [5.74, 6) is 1.24. The minimum atomic E-state index is 0.186. The van der Waals surface area contributed by atoms with E-state index >= 15 is 0 Å². The van der Waals surface area contributed by atoms with Crippen LogP contribution in [-0.2, 0) is 0 Å². The Morgan fingerprint density at radius 1 is 0.769 bits per heavy atom. The third-order valence-electron chi connectivity index (χ3n) is 4.61. The molecule has 0 aromatic heterocycles. The summed E-state index contributed by atoms with van der Waals surface area (Å²) in [6, 6.07) is 23.6. The van der Waals surface area contributed by atoms with E-state index in [1.54, 1.807) is 0 Å². The Balaban J connectivity index is 1.61. The molecular weight excluding hydrogens is 338 g/mol. The summed E-state index contributed by atoms with van der Waals surface area (Å²) < 4.78 is 5.85. The Hall–Kier alpha value is -2.39. The molecule has 3 aromatic rings. The number of para-hydroxylation sites is 1. The van der Waals surface area contributed by atoms with Gasteiger partial charge in [0.05, 0.1) is 17.5 Å². The maximum Gasteiger partial charge on any atom is 0.119 e. The molecule has 3 aromatic carbocycles. The van der Waals surface area contributed by atoms with Gasteiger partial charge in [-0.1, -0.05) is 49.0 Å². The smallest absolute Gasteiger partial charge is 0.119 e. The lowest BCUT2D eigenvalue weighted by Crippen LogP contribution is -2.06. The molecule has 1 heterocycles. The summed E-state index contributed by atoms with van der Waals surface area (Å²) >= 11 is 1.83. The van der Waals surface area contributed by atoms with Crippen molar-refractivity contribution < 1.29 is 4.74 Å². The molecule has 0 radical (unpaired) electrons. The van der Waals surface area contributed by atoms with Crippen molar-refractivity contribution in [1.82, 2.24) is 0 Å². The molecule has 3 heteroatoms. The summed E-state index contributed by atoms with van der Waals surface area (Å²) in [4.78, 5) is 2.55. The number of hydrogen-bond donors (Lipinski definition) is 1. The highest BCUT2D eigenvalue weighted by atomic mass is 32.2. The predicted molar refractivity (Wildman–Crippen MR) is 110 cm³/mol. The first-order valence-electron chi connectivity index (χ1n) is 9.04. The number of ether oxygens (including phenoxy) is 1. The lowest BCUT2D eigenvalue weighted by Gasteiger charge is -2.23. The van der Waals surface area contributed by atoms with Gasteiger partial charge in [-0.3, -0.25) is 0 Å². The second kappa shape index (κ2) is 7.08. The first-order valence-corrected chi connectivity index (χ1v) is 9.86. The zero-order valence-corrected chi connectivity index (χ0v) is 16.1. The highest BCUT2D eigenvalue weighted by Crippen LogP contribution is 2.45. The highest BCUT2D eigenvalue weighted by molar-refractivity contribution is 7.99. The van der Waals surface area contributed by atoms with Gasteiger partial charge in [0.25, 0.3) is 0 Å². The number of nitrogens with one attached hydrogen (secondary N) is 1. The topological polar surface area (TPSA) is 21.3 Å². The molecule has 1 aliphatic heterocycles. The molecule has 1 aliphatic rings. The van der Waals surface area contributed by atoms with Crippen LogP contribution in [0, 0.1) is 0 Å². The van der Waals surface area contributed by atoms with Gasteiger partial charge >= 0.3 is 0 Å². The van der Waals surface area contributed by atoms with Gasteiger partial charge in [-0.2, -0.15) is 0 Å². The number of rotatable bonds is 4. The predicted octanol–water partition coefficient (Wildman–Crippen LogP) is 6.83. The highest BCUT2D eigenvalue weighted by Gasteiger charge is 2.17. The largest absolute Gasteiger partial charge is 0.491 e. The molecule has 4 rings (SSSR count). The van der Waals surface area contributed by atoms with Gasteiger partial charge in [-0.05, 0) is 61.4 Å². The monoisotopic (exact) mass is 361 g/mol. The Kier molecular flexibility index (Phi) is 4.64. The first kappa shape index (κ1) is 17.0. The number of hydrogen-bond acceptors (Lipinski definition) is 3. The quantitative estimate of drug-likeness (QED) is 0.430. The zero-order chi connectivity index (χ0) is 18.1. The summed E-state index contributed by atoms with van der Waals surface area (Å²) in [7, 11) is 0.